The van der Waals surface area contributed by atoms with Gasteiger partial charge in [-0.05, 0) is 25.8 Å². The minimum atomic E-state index is 0.408. The van der Waals surface area contributed by atoms with Gasteiger partial charge >= 0.3 is 0 Å². The summed E-state index contributed by atoms with van der Waals surface area (Å²) in [6, 6.07) is 0.517. The smallest absolute Gasteiger partial charge is 0.195 e. The summed E-state index contributed by atoms with van der Waals surface area (Å²) in [6.07, 6.45) is 6.25. The van der Waals surface area contributed by atoms with E-state index in [1.165, 1.54) is 30.8 Å². The Morgan fingerprint density at radius 1 is 1.48 bits per heavy atom. The molecule has 1 aliphatic heterocycles. The third-order valence-corrected chi connectivity index (χ3v) is 5.39. The van der Waals surface area contributed by atoms with Crippen LogP contribution in [0.5, 0.6) is 0 Å². The van der Waals surface area contributed by atoms with Crippen molar-refractivity contribution in [1.82, 2.24) is 14.7 Å². The first-order valence-corrected chi connectivity index (χ1v) is 8.80. The third-order valence-electron chi connectivity index (χ3n) is 4.64. The van der Waals surface area contributed by atoms with E-state index in [-0.39, 0.29) is 0 Å². The number of nitrogens with zero attached hydrogens (tertiary/aromatic N) is 3. The average molecular weight is 306 g/mol. The summed E-state index contributed by atoms with van der Waals surface area (Å²) in [5, 5.41) is 5.57. The lowest BCUT2D eigenvalue weighted by Crippen LogP contribution is -2.49. The van der Waals surface area contributed by atoms with Crippen LogP contribution in [0.25, 0.3) is 4.96 Å². The Balaban J connectivity index is 1.72. The molecule has 2 unspecified atom stereocenters. The zero-order chi connectivity index (χ0) is 14.2. The topological polar surface area (TPSA) is 41.8 Å². The molecule has 2 aliphatic rings. The molecule has 0 aromatic carbocycles. The molecule has 3 heterocycles. The number of morpholine rings is 1. The van der Waals surface area contributed by atoms with Crippen LogP contribution in [-0.4, -0.2) is 41.2 Å². The Labute approximate surface area is 128 Å². The Morgan fingerprint density at radius 2 is 2.43 bits per heavy atom. The molecule has 6 heteroatoms. The summed E-state index contributed by atoms with van der Waals surface area (Å²) < 4.78 is 8.18. The molecule has 1 saturated carbocycles. The minimum absolute atomic E-state index is 0.408. The molecule has 1 N–H and O–H groups in total. The van der Waals surface area contributed by atoms with Gasteiger partial charge in [0, 0.05) is 24.7 Å². The Morgan fingerprint density at radius 3 is 3.33 bits per heavy atom. The number of ether oxygens (including phenoxy) is 1. The fourth-order valence-corrected chi connectivity index (χ4v) is 4.38. The molecular weight excluding hydrogens is 284 g/mol. The van der Waals surface area contributed by atoms with Crippen LogP contribution in [0.4, 0.5) is 5.82 Å². The molecule has 4 rings (SSSR count). The van der Waals surface area contributed by atoms with E-state index < -0.39 is 0 Å². The maximum atomic E-state index is 5.94. The van der Waals surface area contributed by atoms with Crippen molar-refractivity contribution in [3.05, 3.63) is 17.3 Å². The van der Waals surface area contributed by atoms with Crippen LogP contribution in [0.3, 0.4) is 0 Å². The van der Waals surface area contributed by atoms with Crippen LogP contribution in [0.2, 0.25) is 0 Å². The van der Waals surface area contributed by atoms with Gasteiger partial charge in [0.2, 0.25) is 0 Å². The van der Waals surface area contributed by atoms with Crippen molar-refractivity contribution >= 4 is 22.1 Å². The first-order valence-electron chi connectivity index (χ1n) is 7.92. The third kappa shape index (κ3) is 2.25. The summed E-state index contributed by atoms with van der Waals surface area (Å²) in [5.41, 5.74) is 1.29. The lowest BCUT2D eigenvalue weighted by Gasteiger charge is -2.38. The number of rotatable bonds is 4. The van der Waals surface area contributed by atoms with Gasteiger partial charge in [0.05, 0.1) is 24.4 Å². The fraction of sp³-hybridized carbons (Fsp3) is 0.667. The van der Waals surface area contributed by atoms with Crippen LogP contribution in [-0.2, 0) is 11.3 Å². The molecule has 0 bridgehead atoms. The van der Waals surface area contributed by atoms with Gasteiger partial charge in [0.15, 0.2) is 10.8 Å². The zero-order valence-electron chi connectivity index (χ0n) is 12.4. The van der Waals surface area contributed by atoms with E-state index in [4.69, 9.17) is 9.72 Å². The van der Waals surface area contributed by atoms with Gasteiger partial charge < -0.3 is 15.0 Å². The van der Waals surface area contributed by atoms with Crippen molar-refractivity contribution in [2.45, 2.75) is 44.9 Å². The molecule has 0 amide bonds. The highest BCUT2D eigenvalue weighted by atomic mass is 32.1. The first-order chi connectivity index (χ1) is 10.4. The Hall–Kier alpha value is -1.11. The molecule has 1 saturated heterocycles. The zero-order valence-corrected chi connectivity index (χ0v) is 13.2. The maximum absolute atomic E-state index is 5.94. The second-order valence-corrected chi connectivity index (χ2v) is 6.69. The highest BCUT2D eigenvalue weighted by molar-refractivity contribution is 7.15. The summed E-state index contributed by atoms with van der Waals surface area (Å²) in [4.78, 5) is 8.53. The van der Waals surface area contributed by atoms with Crippen LogP contribution < -0.4 is 10.2 Å². The molecule has 2 aromatic rings. The number of fused-ring (bicyclic) bond motifs is 2. The molecule has 1 aliphatic carbocycles. The quantitative estimate of drug-likeness (QED) is 0.941. The van der Waals surface area contributed by atoms with Crippen LogP contribution in [0.15, 0.2) is 11.6 Å². The average Bonchev–Trinajstić information content (AvgIpc) is 3.20. The molecule has 0 radical (unpaired) electrons. The number of imidazole rings is 1. The van der Waals surface area contributed by atoms with E-state index in [0.29, 0.717) is 12.1 Å². The van der Waals surface area contributed by atoms with Gasteiger partial charge in [0.25, 0.3) is 0 Å². The normalized spacial score (nSPS) is 25.7. The number of nitrogens with one attached hydrogen (secondary N) is 1. The first kappa shape index (κ1) is 13.5. The van der Waals surface area contributed by atoms with Crippen molar-refractivity contribution < 1.29 is 4.74 Å². The Kier molecular flexibility index (Phi) is 3.61. The fourth-order valence-electron chi connectivity index (χ4n) is 3.65. The second-order valence-electron chi connectivity index (χ2n) is 5.82. The molecule has 114 valence electrons. The number of thiazole rings is 1. The molecular formula is C15H22N4OS. The van der Waals surface area contributed by atoms with Gasteiger partial charge in [-0.25, -0.2) is 4.98 Å². The molecule has 5 nitrogen and oxygen atoms in total. The molecule has 0 spiro atoms. The van der Waals surface area contributed by atoms with E-state index in [9.17, 15) is 0 Å². The molecule has 21 heavy (non-hydrogen) atoms. The predicted molar refractivity (Wildman–Crippen MR) is 85.2 cm³/mol. The standard InChI is InChI=1S/C15H22N4OS/c1-2-16-10-12-14(17-15-19(12)7-9-21-15)18-6-8-20-13-5-3-4-11(13)18/h7,9,11,13,16H,2-6,8,10H2,1H3. The van der Waals surface area contributed by atoms with Crippen molar-refractivity contribution in [3.63, 3.8) is 0 Å². The van der Waals surface area contributed by atoms with Gasteiger partial charge in [-0.2, -0.15) is 0 Å². The minimum Gasteiger partial charge on any atom is -0.374 e. The van der Waals surface area contributed by atoms with E-state index in [1.807, 2.05) is 0 Å². The van der Waals surface area contributed by atoms with Crippen LogP contribution >= 0.6 is 11.3 Å². The van der Waals surface area contributed by atoms with Crippen LogP contribution in [0, 0.1) is 0 Å². The largest absolute Gasteiger partial charge is 0.374 e. The van der Waals surface area contributed by atoms with Crippen molar-refractivity contribution in [2.75, 3.05) is 24.6 Å². The number of anilines is 1. The second kappa shape index (κ2) is 5.59. The lowest BCUT2D eigenvalue weighted by atomic mass is 10.1. The summed E-state index contributed by atoms with van der Waals surface area (Å²) >= 11 is 1.71. The van der Waals surface area contributed by atoms with E-state index >= 15 is 0 Å². The molecule has 2 atom stereocenters. The van der Waals surface area contributed by atoms with Crippen molar-refractivity contribution in [2.24, 2.45) is 0 Å². The number of hydrogen-bond acceptors (Lipinski definition) is 5. The van der Waals surface area contributed by atoms with Crippen LogP contribution in [0.1, 0.15) is 31.9 Å². The monoisotopic (exact) mass is 306 g/mol. The SMILES string of the molecule is CCNCc1c(N2CCOC3CCCC32)nc2sccn12. The van der Waals surface area contributed by atoms with E-state index in [1.54, 1.807) is 11.3 Å². The Bertz CT molecular complexity index is 622. The highest BCUT2D eigenvalue weighted by Gasteiger charge is 2.38. The number of aromatic nitrogens is 2. The van der Waals surface area contributed by atoms with E-state index in [2.05, 4.69) is 33.1 Å². The number of hydrogen-bond donors (Lipinski definition) is 1. The van der Waals surface area contributed by atoms with Gasteiger partial charge in [-0.3, -0.25) is 4.40 Å². The van der Waals surface area contributed by atoms with Crippen molar-refractivity contribution in [3.8, 4) is 0 Å². The molecule has 2 aromatic heterocycles. The molecule has 2 fully saturated rings. The van der Waals surface area contributed by atoms with Crippen molar-refractivity contribution in [1.29, 1.82) is 0 Å². The predicted octanol–water partition coefficient (Wildman–Crippen LogP) is 2.26. The summed E-state index contributed by atoms with van der Waals surface area (Å²) in [6.45, 7) is 5.79. The van der Waals surface area contributed by atoms with E-state index in [0.717, 1.165) is 31.2 Å². The van der Waals surface area contributed by atoms with Gasteiger partial charge in [0.1, 0.15) is 0 Å². The van der Waals surface area contributed by atoms with Gasteiger partial charge in [-0.15, -0.1) is 11.3 Å². The highest BCUT2D eigenvalue weighted by Crippen LogP contribution is 2.35. The summed E-state index contributed by atoms with van der Waals surface area (Å²) in [7, 11) is 0. The lowest BCUT2D eigenvalue weighted by molar-refractivity contribution is 0.0253. The van der Waals surface area contributed by atoms with Gasteiger partial charge in [-0.1, -0.05) is 6.92 Å². The maximum Gasteiger partial charge on any atom is 0.195 e. The summed E-state index contributed by atoms with van der Waals surface area (Å²) in [5.74, 6) is 1.17.